The number of hydrogen-bond acceptors (Lipinski definition) is 2. The van der Waals surface area contributed by atoms with Crippen LogP contribution in [0.25, 0.3) is 0 Å². The molecule has 1 heterocycles. The van der Waals surface area contributed by atoms with Gasteiger partial charge < -0.3 is 5.11 Å². The van der Waals surface area contributed by atoms with Crippen molar-refractivity contribution in [2.24, 2.45) is 0 Å². The third-order valence-corrected chi connectivity index (χ3v) is 3.58. The molecule has 0 aromatic heterocycles. The van der Waals surface area contributed by atoms with Gasteiger partial charge in [-0.2, -0.15) is 0 Å². The summed E-state index contributed by atoms with van der Waals surface area (Å²) in [6.07, 6.45) is 0.963. The van der Waals surface area contributed by atoms with Crippen molar-refractivity contribution in [3.63, 3.8) is 0 Å². The van der Waals surface area contributed by atoms with E-state index in [0.717, 1.165) is 37.2 Å². The van der Waals surface area contributed by atoms with Crippen molar-refractivity contribution in [1.82, 2.24) is 4.90 Å². The van der Waals surface area contributed by atoms with Gasteiger partial charge in [-0.1, -0.05) is 17.7 Å². The Morgan fingerprint density at radius 1 is 1.50 bits per heavy atom. The lowest BCUT2D eigenvalue weighted by atomic mass is 9.97. The number of halogens is 1. The van der Waals surface area contributed by atoms with Crippen LogP contribution in [-0.2, 0) is 13.0 Å². The zero-order valence-electron chi connectivity index (χ0n) is 10.3. The summed E-state index contributed by atoms with van der Waals surface area (Å²) < 4.78 is 0. The molecule has 0 atom stereocenters. The quantitative estimate of drug-likeness (QED) is 0.914. The highest BCUT2D eigenvalue weighted by molar-refractivity contribution is 6.25. The van der Waals surface area contributed by atoms with E-state index in [1.54, 1.807) is 17.7 Å². The molecule has 1 N–H and O–H groups in total. The molecule has 1 aliphatic heterocycles. The molecule has 0 bridgehead atoms. The fourth-order valence-electron chi connectivity index (χ4n) is 2.27. The van der Waals surface area contributed by atoms with Crippen molar-refractivity contribution in [2.45, 2.75) is 19.9 Å². The molecular weight excluding hydrogens is 250 g/mol. The molecule has 1 aromatic carbocycles. The maximum absolute atomic E-state index is 11.0. The van der Waals surface area contributed by atoms with E-state index in [1.807, 2.05) is 13.0 Å². The standard InChI is InChI=1S/C14H16ClNO2/c1-10(7-15)8-16-5-4-11-2-3-12(14(17)18)6-13(11)9-16/h2-3,6-7H,4-5,8-9H2,1H3,(H,17,18)/b10-7-. The Kier molecular flexibility index (Phi) is 4.04. The number of carboxylic acids is 1. The summed E-state index contributed by atoms with van der Waals surface area (Å²) in [5.41, 5.74) is 5.45. The average Bonchev–Trinajstić information content (AvgIpc) is 2.37. The first-order valence-electron chi connectivity index (χ1n) is 5.93. The van der Waals surface area contributed by atoms with Gasteiger partial charge in [0.05, 0.1) is 5.56 Å². The molecule has 0 aliphatic carbocycles. The SMILES string of the molecule is C/C(=C/Cl)CN1CCc2ccc(C(=O)O)cc2C1. The first kappa shape index (κ1) is 13.1. The van der Waals surface area contributed by atoms with Gasteiger partial charge in [0, 0.05) is 25.2 Å². The first-order chi connectivity index (χ1) is 8.60. The second-order valence-corrected chi connectivity index (χ2v) is 4.92. The molecule has 3 nitrogen and oxygen atoms in total. The van der Waals surface area contributed by atoms with E-state index < -0.39 is 5.97 Å². The van der Waals surface area contributed by atoms with Crippen LogP contribution in [0.15, 0.2) is 29.3 Å². The highest BCUT2D eigenvalue weighted by atomic mass is 35.5. The largest absolute Gasteiger partial charge is 0.478 e. The highest BCUT2D eigenvalue weighted by Crippen LogP contribution is 2.21. The first-order valence-corrected chi connectivity index (χ1v) is 6.37. The van der Waals surface area contributed by atoms with Crippen LogP contribution >= 0.6 is 11.6 Å². The second kappa shape index (κ2) is 5.55. The lowest BCUT2D eigenvalue weighted by Gasteiger charge is -2.29. The number of benzene rings is 1. The Bertz CT molecular complexity index is 497. The number of nitrogens with zero attached hydrogens (tertiary/aromatic N) is 1. The Morgan fingerprint density at radius 3 is 2.94 bits per heavy atom. The Labute approximate surface area is 112 Å². The number of aromatic carboxylic acids is 1. The lowest BCUT2D eigenvalue weighted by Crippen LogP contribution is -2.31. The number of fused-ring (bicyclic) bond motifs is 1. The third kappa shape index (κ3) is 2.92. The Balaban J connectivity index is 2.17. The van der Waals surface area contributed by atoms with Gasteiger partial charge in [0.25, 0.3) is 0 Å². The minimum Gasteiger partial charge on any atom is -0.478 e. The van der Waals surface area contributed by atoms with Crippen molar-refractivity contribution in [3.8, 4) is 0 Å². The third-order valence-electron chi connectivity index (χ3n) is 3.20. The molecule has 0 spiro atoms. The van der Waals surface area contributed by atoms with Crippen LogP contribution in [0.1, 0.15) is 28.4 Å². The van der Waals surface area contributed by atoms with Crippen LogP contribution in [0.3, 0.4) is 0 Å². The summed E-state index contributed by atoms with van der Waals surface area (Å²) >= 11 is 5.67. The molecule has 2 rings (SSSR count). The highest BCUT2D eigenvalue weighted by Gasteiger charge is 2.17. The van der Waals surface area contributed by atoms with E-state index in [1.165, 1.54) is 5.56 Å². The maximum atomic E-state index is 11.0. The number of carboxylic acid groups (broad SMARTS) is 1. The van der Waals surface area contributed by atoms with E-state index >= 15 is 0 Å². The van der Waals surface area contributed by atoms with Gasteiger partial charge in [-0.25, -0.2) is 4.79 Å². The van der Waals surface area contributed by atoms with E-state index in [4.69, 9.17) is 16.7 Å². The van der Waals surface area contributed by atoms with Gasteiger partial charge in [0.2, 0.25) is 0 Å². The average molecular weight is 266 g/mol. The number of hydrogen-bond donors (Lipinski definition) is 1. The number of carbonyl (C=O) groups is 1. The van der Waals surface area contributed by atoms with Gasteiger partial charge in [-0.3, -0.25) is 4.90 Å². The smallest absolute Gasteiger partial charge is 0.335 e. The van der Waals surface area contributed by atoms with Gasteiger partial charge >= 0.3 is 5.97 Å². The summed E-state index contributed by atoms with van der Waals surface area (Å²) in [6.45, 7) is 4.61. The molecule has 0 fully saturated rings. The molecule has 0 saturated heterocycles. The van der Waals surface area contributed by atoms with Crippen LogP contribution in [0.5, 0.6) is 0 Å². The molecule has 1 aromatic rings. The van der Waals surface area contributed by atoms with Crippen molar-refractivity contribution in [1.29, 1.82) is 0 Å². The van der Waals surface area contributed by atoms with Gasteiger partial charge in [-0.05, 0) is 42.2 Å². The van der Waals surface area contributed by atoms with E-state index in [0.29, 0.717) is 5.56 Å². The van der Waals surface area contributed by atoms with Crippen LogP contribution in [0.4, 0.5) is 0 Å². The molecule has 1 aliphatic rings. The van der Waals surface area contributed by atoms with E-state index in [9.17, 15) is 4.79 Å². The summed E-state index contributed by atoms with van der Waals surface area (Å²) in [5.74, 6) is -0.869. The molecule has 0 radical (unpaired) electrons. The number of rotatable bonds is 3. The molecule has 0 unspecified atom stereocenters. The normalized spacial score (nSPS) is 16.4. The minimum absolute atomic E-state index is 0.361. The Morgan fingerprint density at radius 2 is 2.28 bits per heavy atom. The topological polar surface area (TPSA) is 40.5 Å². The van der Waals surface area contributed by atoms with Crippen molar-refractivity contribution < 1.29 is 9.90 Å². The predicted octanol–water partition coefficient (Wildman–Crippen LogP) is 2.89. The minimum atomic E-state index is -0.869. The fourth-order valence-corrected chi connectivity index (χ4v) is 2.34. The molecule has 0 amide bonds. The summed E-state index contributed by atoms with van der Waals surface area (Å²) in [5, 5.41) is 9.00. The zero-order valence-corrected chi connectivity index (χ0v) is 11.1. The Hall–Kier alpha value is -1.32. The van der Waals surface area contributed by atoms with Crippen LogP contribution in [-0.4, -0.2) is 29.1 Å². The summed E-state index contributed by atoms with van der Waals surface area (Å²) in [7, 11) is 0. The fraction of sp³-hybridized carbons (Fsp3) is 0.357. The van der Waals surface area contributed by atoms with Crippen molar-refractivity contribution in [3.05, 3.63) is 46.0 Å². The molecule has 96 valence electrons. The van der Waals surface area contributed by atoms with Crippen molar-refractivity contribution in [2.75, 3.05) is 13.1 Å². The zero-order chi connectivity index (χ0) is 13.1. The monoisotopic (exact) mass is 265 g/mol. The summed E-state index contributed by atoms with van der Waals surface area (Å²) in [6, 6.07) is 5.39. The predicted molar refractivity (Wildman–Crippen MR) is 72.0 cm³/mol. The van der Waals surface area contributed by atoms with Gasteiger partial charge in [0.15, 0.2) is 0 Å². The second-order valence-electron chi connectivity index (χ2n) is 4.70. The molecule has 0 saturated carbocycles. The molecule has 4 heteroatoms. The van der Waals surface area contributed by atoms with Crippen LogP contribution < -0.4 is 0 Å². The summed E-state index contributed by atoms with van der Waals surface area (Å²) in [4.78, 5) is 13.2. The van der Waals surface area contributed by atoms with Gasteiger partial charge in [0.1, 0.15) is 0 Å². The molecular formula is C14H16ClNO2. The van der Waals surface area contributed by atoms with Crippen LogP contribution in [0.2, 0.25) is 0 Å². The van der Waals surface area contributed by atoms with Crippen molar-refractivity contribution >= 4 is 17.6 Å². The molecule has 18 heavy (non-hydrogen) atoms. The van der Waals surface area contributed by atoms with E-state index in [-0.39, 0.29) is 0 Å². The maximum Gasteiger partial charge on any atom is 0.335 e. The van der Waals surface area contributed by atoms with Gasteiger partial charge in [-0.15, -0.1) is 0 Å². The lowest BCUT2D eigenvalue weighted by molar-refractivity contribution is 0.0696. The van der Waals surface area contributed by atoms with E-state index in [2.05, 4.69) is 4.90 Å². The van der Waals surface area contributed by atoms with Crippen LogP contribution in [0, 0.1) is 0 Å².